The third-order valence-corrected chi connectivity index (χ3v) is 4.75. The lowest BCUT2D eigenvalue weighted by atomic mass is 10.1. The van der Waals surface area contributed by atoms with E-state index in [4.69, 9.17) is 11.6 Å². The Hall–Kier alpha value is -1.86. The molecule has 23 heavy (non-hydrogen) atoms. The number of hydrogen-bond acceptors (Lipinski definition) is 2. The van der Waals surface area contributed by atoms with E-state index in [-0.39, 0.29) is 16.1 Å². The highest BCUT2D eigenvalue weighted by atomic mass is 35.5. The molecule has 3 nitrogen and oxygen atoms in total. The zero-order valence-corrected chi connectivity index (χ0v) is 13.4. The van der Waals surface area contributed by atoms with Crippen molar-refractivity contribution in [1.29, 1.82) is 0 Å². The molecule has 0 amide bonds. The molecule has 2 aromatic rings. The summed E-state index contributed by atoms with van der Waals surface area (Å²) in [6.45, 7) is 2.75. The zero-order chi connectivity index (χ0) is 17.3. The first-order valence-electron chi connectivity index (χ1n) is 6.27. The fraction of sp³-hybridized carbons (Fsp3) is 0.133. The van der Waals surface area contributed by atoms with Crippen molar-refractivity contribution in [3.05, 3.63) is 64.1 Å². The van der Waals surface area contributed by atoms with Crippen LogP contribution in [0.4, 0.5) is 13.2 Å². The van der Waals surface area contributed by atoms with Crippen LogP contribution in [0.1, 0.15) is 0 Å². The molecule has 0 N–H and O–H groups in total. The summed E-state index contributed by atoms with van der Waals surface area (Å²) in [6.07, 6.45) is 2.45. The summed E-state index contributed by atoms with van der Waals surface area (Å²) >= 11 is 5.85. The topological polar surface area (TPSA) is 39.1 Å². The second-order valence-electron chi connectivity index (χ2n) is 4.69. The van der Waals surface area contributed by atoms with Crippen molar-refractivity contribution in [2.75, 3.05) is 0 Å². The van der Waals surface area contributed by atoms with Crippen LogP contribution in [0.3, 0.4) is 0 Å². The summed E-state index contributed by atoms with van der Waals surface area (Å²) in [7, 11) is -1.09. The quantitative estimate of drug-likeness (QED) is 0.832. The fourth-order valence-corrected chi connectivity index (χ4v) is 3.20. The Morgan fingerprint density at radius 2 is 2.00 bits per heavy atom. The molecule has 0 bridgehead atoms. The van der Waals surface area contributed by atoms with Crippen LogP contribution in [0.2, 0.25) is 5.02 Å². The van der Waals surface area contributed by atoms with Gasteiger partial charge in [0.05, 0.1) is 5.02 Å². The first kappa shape index (κ1) is 17.5. The van der Waals surface area contributed by atoms with Gasteiger partial charge in [-0.3, -0.25) is 9.00 Å². The van der Waals surface area contributed by atoms with Crippen LogP contribution in [-0.4, -0.2) is 14.3 Å². The maximum absolute atomic E-state index is 13.6. The van der Waals surface area contributed by atoms with Gasteiger partial charge in [0.25, 0.3) is 0 Å². The van der Waals surface area contributed by atoms with E-state index in [9.17, 15) is 22.2 Å². The maximum atomic E-state index is 13.6. The molecule has 2 rings (SSSR count). The van der Waals surface area contributed by atoms with E-state index < -0.39 is 38.3 Å². The molecule has 122 valence electrons. The molecule has 0 saturated heterocycles. The summed E-state index contributed by atoms with van der Waals surface area (Å²) in [5, 5.41) is -0.292. The van der Waals surface area contributed by atoms with Crippen LogP contribution >= 0.6 is 11.6 Å². The van der Waals surface area contributed by atoms with Gasteiger partial charge in [-0.05, 0) is 6.07 Å². The number of aromatic nitrogens is 1. The third kappa shape index (κ3) is 3.40. The molecule has 0 aliphatic heterocycles. The number of pyridine rings is 1. The minimum absolute atomic E-state index is 0.0699. The number of alkyl halides is 1. The molecule has 1 aromatic carbocycles. The van der Waals surface area contributed by atoms with Gasteiger partial charge in [0.2, 0.25) is 10.9 Å². The molecule has 0 aliphatic carbocycles. The van der Waals surface area contributed by atoms with E-state index in [0.717, 1.165) is 12.3 Å². The van der Waals surface area contributed by atoms with Gasteiger partial charge in [0.15, 0.2) is 0 Å². The van der Waals surface area contributed by atoms with Gasteiger partial charge >= 0.3 is 0 Å². The maximum Gasteiger partial charge on any atom is 0.229 e. The number of rotatable bonds is 4. The number of hydrogen-bond donors (Lipinski definition) is 0. The highest BCUT2D eigenvalue weighted by Gasteiger charge is 2.25. The van der Waals surface area contributed by atoms with E-state index in [1.165, 1.54) is 29.9 Å². The lowest BCUT2D eigenvalue weighted by Gasteiger charge is -2.11. The monoisotopic (exact) mass is 361 g/mol. The molecule has 0 aliphatic rings. The summed E-state index contributed by atoms with van der Waals surface area (Å²) in [5.74, 6) is -2.18. The number of benzene rings is 1. The first-order chi connectivity index (χ1) is 10.7. The van der Waals surface area contributed by atoms with E-state index in [1.54, 1.807) is 0 Å². The molecule has 2 atom stereocenters. The molecule has 8 heteroatoms. The second kappa shape index (κ2) is 6.72. The fourth-order valence-electron chi connectivity index (χ4n) is 1.95. The molecule has 1 heterocycles. The standard InChI is InChI=1S/C15H11ClF3NO2S/c1-8(17)15(19)23(22)12-7-20(2)6-10(14(12)21)9-4-3-5-11(18)13(9)16/h3-7,15H,1H2,2H3. The van der Waals surface area contributed by atoms with Gasteiger partial charge in [0, 0.05) is 30.6 Å². The predicted octanol–water partition coefficient (Wildman–Crippen LogP) is 3.73. The minimum atomic E-state index is -2.59. The van der Waals surface area contributed by atoms with Gasteiger partial charge in [-0.25, -0.2) is 13.2 Å². The summed E-state index contributed by atoms with van der Waals surface area (Å²) in [6, 6.07) is 3.86. The number of nitrogens with zero attached hydrogens (tertiary/aromatic N) is 1. The Bertz CT molecular complexity index is 866. The normalized spacial score (nSPS) is 13.6. The van der Waals surface area contributed by atoms with Crippen molar-refractivity contribution < 1.29 is 17.4 Å². The minimum Gasteiger partial charge on any atom is -0.355 e. The summed E-state index contributed by atoms with van der Waals surface area (Å²) in [4.78, 5) is 12.0. The predicted molar refractivity (Wildman–Crippen MR) is 83.6 cm³/mol. The SMILES string of the molecule is C=C(F)C(F)S(=O)c1cn(C)cc(-c2cccc(F)c2Cl)c1=O. The Labute approximate surface area is 137 Å². The second-order valence-corrected chi connectivity index (χ2v) is 6.52. The zero-order valence-electron chi connectivity index (χ0n) is 11.9. The Morgan fingerprint density at radius 3 is 2.61 bits per heavy atom. The summed E-state index contributed by atoms with van der Waals surface area (Å²) in [5.41, 5.74) is -3.35. The van der Waals surface area contributed by atoms with E-state index in [2.05, 4.69) is 6.58 Å². The average Bonchev–Trinajstić information content (AvgIpc) is 2.50. The lowest BCUT2D eigenvalue weighted by molar-refractivity contribution is 0.416. The van der Waals surface area contributed by atoms with Crippen molar-refractivity contribution >= 4 is 22.4 Å². The summed E-state index contributed by atoms with van der Waals surface area (Å²) < 4.78 is 53.4. The number of aryl methyl sites for hydroxylation is 1. The molecule has 0 spiro atoms. The average molecular weight is 362 g/mol. The van der Waals surface area contributed by atoms with Crippen molar-refractivity contribution in [2.45, 2.75) is 10.4 Å². The van der Waals surface area contributed by atoms with Gasteiger partial charge in [-0.15, -0.1) is 0 Å². The molecular weight excluding hydrogens is 351 g/mol. The van der Waals surface area contributed by atoms with E-state index >= 15 is 0 Å². The third-order valence-electron chi connectivity index (χ3n) is 3.01. The molecule has 1 aromatic heterocycles. The number of halogens is 4. The molecular formula is C15H11ClF3NO2S. The highest BCUT2D eigenvalue weighted by molar-refractivity contribution is 7.85. The molecule has 0 radical (unpaired) electrons. The van der Waals surface area contributed by atoms with Gasteiger partial charge in [-0.2, -0.15) is 0 Å². The molecule has 0 fully saturated rings. The molecule has 2 unspecified atom stereocenters. The van der Waals surface area contributed by atoms with Crippen LogP contribution < -0.4 is 5.43 Å². The van der Waals surface area contributed by atoms with Crippen LogP contribution in [0.15, 0.2) is 52.7 Å². The van der Waals surface area contributed by atoms with E-state index in [1.807, 2.05) is 0 Å². The van der Waals surface area contributed by atoms with Crippen molar-refractivity contribution in [3.63, 3.8) is 0 Å². The van der Waals surface area contributed by atoms with Crippen LogP contribution in [0.25, 0.3) is 11.1 Å². The van der Waals surface area contributed by atoms with Crippen molar-refractivity contribution in [3.8, 4) is 11.1 Å². The van der Waals surface area contributed by atoms with Crippen LogP contribution in [0.5, 0.6) is 0 Å². The van der Waals surface area contributed by atoms with Gasteiger partial charge in [0.1, 0.15) is 27.3 Å². The van der Waals surface area contributed by atoms with E-state index in [0.29, 0.717) is 0 Å². The first-order valence-corrected chi connectivity index (χ1v) is 7.86. The molecule has 0 saturated carbocycles. The Morgan fingerprint density at radius 1 is 1.35 bits per heavy atom. The Balaban J connectivity index is 2.69. The van der Waals surface area contributed by atoms with Gasteiger partial charge < -0.3 is 4.57 Å². The Kier molecular flexibility index (Phi) is 5.11. The lowest BCUT2D eigenvalue weighted by Crippen LogP contribution is -2.21. The van der Waals surface area contributed by atoms with Gasteiger partial charge in [-0.1, -0.05) is 30.3 Å². The van der Waals surface area contributed by atoms with Crippen LogP contribution in [0, 0.1) is 5.82 Å². The van der Waals surface area contributed by atoms with Crippen LogP contribution in [-0.2, 0) is 17.8 Å². The van der Waals surface area contributed by atoms with Crippen molar-refractivity contribution in [2.24, 2.45) is 7.05 Å². The largest absolute Gasteiger partial charge is 0.355 e. The smallest absolute Gasteiger partial charge is 0.229 e. The highest BCUT2D eigenvalue weighted by Crippen LogP contribution is 2.28. The van der Waals surface area contributed by atoms with Crippen molar-refractivity contribution in [1.82, 2.24) is 4.57 Å².